The van der Waals surface area contributed by atoms with Gasteiger partial charge in [0.25, 0.3) is 5.91 Å². The number of hydrogen-bond donors (Lipinski definition) is 0. The summed E-state index contributed by atoms with van der Waals surface area (Å²) in [5, 5.41) is 0. The van der Waals surface area contributed by atoms with Gasteiger partial charge in [0.15, 0.2) is 18.1 Å². The maximum Gasteiger partial charge on any atom is 0.331 e. The van der Waals surface area contributed by atoms with E-state index in [1.165, 1.54) is 4.90 Å². The fourth-order valence-electron chi connectivity index (χ4n) is 2.17. The van der Waals surface area contributed by atoms with E-state index in [0.29, 0.717) is 31.3 Å². The summed E-state index contributed by atoms with van der Waals surface area (Å²) in [4.78, 5) is 36.1. The Balaban J connectivity index is 1.80. The van der Waals surface area contributed by atoms with Crippen LogP contribution in [0.1, 0.15) is 12.5 Å². The SMILES string of the molecule is CCOC(=O)/C=C/C(=O)OCC(=O)N(C)Cc1ccc2c(c1)OCCO2. The Morgan fingerprint density at radius 1 is 1.08 bits per heavy atom. The molecule has 0 saturated heterocycles. The normalized spacial score (nSPS) is 12.5. The highest BCUT2D eigenvalue weighted by Crippen LogP contribution is 2.30. The molecule has 1 amide bonds. The molecule has 8 heteroatoms. The van der Waals surface area contributed by atoms with Crippen molar-refractivity contribution in [2.45, 2.75) is 13.5 Å². The van der Waals surface area contributed by atoms with Crippen LogP contribution in [0.3, 0.4) is 0 Å². The van der Waals surface area contributed by atoms with E-state index in [0.717, 1.165) is 17.7 Å². The summed E-state index contributed by atoms with van der Waals surface area (Å²) in [5.41, 5.74) is 0.860. The predicted octanol–water partition coefficient (Wildman–Crippen LogP) is 1.08. The van der Waals surface area contributed by atoms with Crippen LogP contribution in [-0.4, -0.2) is 56.2 Å². The summed E-state index contributed by atoms with van der Waals surface area (Å²) in [6, 6.07) is 5.44. The van der Waals surface area contributed by atoms with E-state index in [4.69, 9.17) is 14.2 Å². The number of benzene rings is 1. The third-order valence-electron chi connectivity index (χ3n) is 3.43. The lowest BCUT2D eigenvalue weighted by atomic mass is 10.2. The molecule has 0 N–H and O–H groups in total. The maximum atomic E-state index is 12.1. The molecular formula is C18H21NO7. The van der Waals surface area contributed by atoms with Gasteiger partial charge in [0.1, 0.15) is 13.2 Å². The molecule has 0 bridgehead atoms. The zero-order valence-corrected chi connectivity index (χ0v) is 14.7. The van der Waals surface area contributed by atoms with Gasteiger partial charge in [-0.25, -0.2) is 9.59 Å². The topological polar surface area (TPSA) is 91.4 Å². The molecule has 1 aromatic rings. The van der Waals surface area contributed by atoms with Gasteiger partial charge >= 0.3 is 11.9 Å². The Morgan fingerprint density at radius 2 is 1.73 bits per heavy atom. The second kappa shape index (κ2) is 9.45. The first-order valence-electron chi connectivity index (χ1n) is 8.13. The number of fused-ring (bicyclic) bond motifs is 1. The van der Waals surface area contributed by atoms with Crippen LogP contribution in [0, 0.1) is 0 Å². The van der Waals surface area contributed by atoms with Gasteiger partial charge in [0.2, 0.25) is 0 Å². The molecule has 0 fully saturated rings. The summed E-state index contributed by atoms with van der Waals surface area (Å²) in [6.07, 6.45) is 1.88. The van der Waals surface area contributed by atoms with Gasteiger partial charge in [0, 0.05) is 25.7 Å². The summed E-state index contributed by atoms with van der Waals surface area (Å²) in [5.74, 6) is -0.496. The summed E-state index contributed by atoms with van der Waals surface area (Å²) in [6.45, 7) is 2.77. The Labute approximate surface area is 151 Å². The van der Waals surface area contributed by atoms with Crippen molar-refractivity contribution in [1.82, 2.24) is 4.90 Å². The largest absolute Gasteiger partial charge is 0.486 e. The van der Waals surface area contributed by atoms with E-state index in [9.17, 15) is 14.4 Å². The van der Waals surface area contributed by atoms with Gasteiger partial charge < -0.3 is 23.8 Å². The summed E-state index contributed by atoms with van der Waals surface area (Å²) >= 11 is 0. The van der Waals surface area contributed by atoms with Crippen molar-refractivity contribution in [3.8, 4) is 11.5 Å². The van der Waals surface area contributed by atoms with E-state index in [1.807, 2.05) is 12.1 Å². The van der Waals surface area contributed by atoms with Crippen LogP contribution in [0.2, 0.25) is 0 Å². The van der Waals surface area contributed by atoms with Crippen molar-refractivity contribution in [1.29, 1.82) is 0 Å². The lowest BCUT2D eigenvalue weighted by molar-refractivity contribution is -0.148. The Hall–Kier alpha value is -3.03. The standard InChI is InChI=1S/C18H21NO7/c1-3-23-17(21)6-7-18(22)26-12-16(20)19(2)11-13-4-5-14-15(10-13)25-9-8-24-14/h4-7,10H,3,8-9,11-12H2,1-2H3/b7-6+. The van der Waals surface area contributed by atoms with Crippen molar-refractivity contribution in [3.05, 3.63) is 35.9 Å². The number of carbonyl (C=O) groups excluding carboxylic acids is 3. The minimum absolute atomic E-state index is 0.210. The number of amides is 1. The highest BCUT2D eigenvalue weighted by atomic mass is 16.6. The average molecular weight is 363 g/mol. The maximum absolute atomic E-state index is 12.1. The first-order chi connectivity index (χ1) is 12.5. The molecule has 0 atom stereocenters. The first kappa shape index (κ1) is 19.3. The molecule has 1 aliphatic rings. The molecule has 1 heterocycles. The second-order valence-electron chi connectivity index (χ2n) is 5.42. The van der Waals surface area contributed by atoms with Crippen LogP contribution in [-0.2, 0) is 30.4 Å². The van der Waals surface area contributed by atoms with Crippen LogP contribution in [0.5, 0.6) is 11.5 Å². The molecule has 0 radical (unpaired) electrons. The molecule has 0 aliphatic carbocycles. The Bertz CT molecular complexity index is 699. The second-order valence-corrected chi connectivity index (χ2v) is 5.42. The number of nitrogens with zero attached hydrogens (tertiary/aromatic N) is 1. The van der Waals surface area contributed by atoms with E-state index < -0.39 is 18.5 Å². The van der Waals surface area contributed by atoms with Crippen LogP contribution in [0.4, 0.5) is 0 Å². The lowest BCUT2D eigenvalue weighted by Gasteiger charge is -2.21. The minimum Gasteiger partial charge on any atom is -0.486 e. The average Bonchev–Trinajstić information content (AvgIpc) is 2.64. The van der Waals surface area contributed by atoms with Crippen molar-refractivity contribution in [3.63, 3.8) is 0 Å². The molecule has 0 aromatic heterocycles. The lowest BCUT2D eigenvalue weighted by Crippen LogP contribution is -2.30. The van der Waals surface area contributed by atoms with E-state index in [-0.39, 0.29) is 12.5 Å². The van der Waals surface area contributed by atoms with Gasteiger partial charge in [-0.15, -0.1) is 0 Å². The van der Waals surface area contributed by atoms with Crippen LogP contribution < -0.4 is 9.47 Å². The highest BCUT2D eigenvalue weighted by molar-refractivity contribution is 5.92. The first-order valence-corrected chi connectivity index (χ1v) is 8.13. The van der Waals surface area contributed by atoms with E-state index in [2.05, 4.69) is 4.74 Å². The van der Waals surface area contributed by atoms with Crippen molar-refractivity contribution in [2.75, 3.05) is 33.5 Å². The summed E-state index contributed by atoms with van der Waals surface area (Å²) in [7, 11) is 1.60. The number of likely N-dealkylation sites (N-methyl/N-ethyl adjacent to an activating group) is 1. The monoisotopic (exact) mass is 363 g/mol. The number of rotatable bonds is 7. The predicted molar refractivity (Wildman–Crippen MR) is 90.6 cm³/mol. The quantitative estimate of drug-likeness (QED) is 0.529. The van der Waals surface area contributed by atoms with Crippen LogP contribution in [0.15, 0.2) is 30.4 Å². The fourth-order valence-corrected chi connectivity index (χ4v) is 2.17. The number of ether oxygens (including phenoxy) is 4. The van der Waals surface area contributed by atoms with Gasteiger partial charge in [-0.2, -0.15) is 0 Å². The molecule has 0 spiro atoms. The zero-order valence-electron chi connectivity index (χ0n) is 14.7. The molecule has 26 heavy (non-hydrogen) atoms. The van der Waals surface area contributed by atoms with Gasteiger partial charge in [-0.05, 0) is 24.6 Å². The molecule has 1 aliphatic heterocycles. The number of hydrogen-bond acceptors (Lipinski definition) is 7. The van der Waals surface area contributed by atoms with E-state index >= 15 is 0 Å². The third-order valence-corrected chi connectivity index (χ3v) is 3.43. The Kier molecular flexibility index (Phi) is 7.02. The number of carbonyl (C=O) groups is 3. The molecule has 0 saturated carbocycles. The van der Waals surface area contributed by atoms with Gasteiger partial charge in [-0.3, -0.25) is 4.79 Å². The van der Waals surface area contributed by atoms with E-state index in [1.54, 1.807) is 20.0 Å². The molecule has 2 rings (SSSR count). The zero-order chi connectivity index (χ0) is 18.9. The van der Waals surface area contributed by atoms with Crippen molar-refractivity contribution in [2.24, 2.45) is 0 Å². The molecule has 1 aromatic carbocycles. The number of esters is 2. The van der Waals surface area contributed by atoms with Crippen LogP contribution >= 0.6 is 0 Å². The minimum atomic E-state index is -0.792. The smallest absolute Gasteiger partial charge is 0.331 e. The highest BCUT2D eigenvalue weighted by Gasteiger charge is 2.15. The molecule has 0 unspecified atom stereocenters. The van der Waals surface area contributed by atoms with Gasteiger partial charge in [-0.1, -0.05) is 6.07 Å². The molecule has 140 valence electrons. The van der Waals surface area contributed by atoms with Crippen molar-refractivity contribution < 1.29 is 33.3 Å². The molecular weight excluding hydrogens is 342 g/mol. The van der Waals surface area contributed by atoms with Crippen molar-refractivity contribution >= 4 is 17.8 Å². The molecule has 8 nitrogen and oxygen atoms in total. The van der Waals surface area contributed by atoms with Gasteiger partial charge in [0.05, 0.1) is 6.61 Å². The Morgan fingerprint density at radius 3 is 2.42 bits per heavy atom. The van der Waals surface area contributed by atoms with Crippen LogP contribution in [0.25, 0.3) is 0 Å². The fraction of sp³-hybridized carbons (Fsp3) is 0.389. The third kappa shape index (κ3) is 5.80. The summed E-state index contributed by atoms with van der Waals surface area (Å²) < 4.78 is 20.4.